The van der Waals surface area contributed by atoms with Crippen LogP contribution >= 0.6 is 15.9 Å². The Bertz CT molecular complexity index is 470. The largest absolute Gasteiger partial charge is 0.598 e. The van der Waals surface area contributed by atoms with Gasteiger partial charge < -0.3 is 9.66 Å². The fourth-order valence-electron chi connectivity index (χ4n) is 1.63. The Kier molecular flexibility index (Phi) is 5.98. The molecule has 114 valence electrons. The molecule has 1 aromatic rings. The number of nitrogens with one attached hydrogen (secondary N) is 1. The molecule has 0 amide bonds. The summed E-state index contributed by atoms with van der Waals surface area (Å²) in [6, 6.07) is 1.59. The van der Waals surface area contributed by atoms with Gasteiger partial charge in [0.15, 0.2) is 0 Å². The van der Waals surface area contributed by atoms with E-state index in [1.807, 2.05) is 20.8 Å². The number of halogens is 2. The zero-order valence-corrected chi connectivity index (χ0v) is 14.4. The maximum absolute atomic E-state index is 14.0. The van der Waals surface area contributed by atoms with Gasteiger partial charge in [0, 0.05) is 34.2 Å². The van der Waals surface area contributed by atoms with Crippen molar-refractivity contribution in [3.05, 3.63) is 28.2 Å². The van der Waals surface area contributed by atoms with Crippen molar-refractivity contribution in [3.63, 3.8) is 0 Å². The highest BCUT2D eigenvalue weighted by Gasteiger charge is 2.38. The first-order valence-corrected chi connectivity index (χ1v) is 8.16. The van der Waals surface area contributed by atoms with Crippen molar-refractivity contribution in [2.24, 2.45) is 0 Å². The summed E-state index contributed by atoms with van der Waals surface area (Å²) >= 11 is 1.86. The molecule has 0 aromatic carbocycles. The van der Waals surface area contributed by atoms with Crippen LogP contribution in [0.3, 0.4) is 0 Å². The third-order valence-corrected chi connectivity index (χ3v) is 5.07. The standard InChI is InChI=1S/C13H20BrFN2O2S/c1-12(2,3)20(19)17-13(4,5-6-18)10-7-9(14)8-16-11(10)15/h7-8,17-18H,5-6H2,1-4H3/t13-,20+/m0/s1. The molecule has 0 unspecified atom stereocenters. The van der Waals surface area contributed by atoms with Gasteiger partial charge in [-0.2, -0.15) is 4.39 Å². The number of aliphatic hydroxyl groups is 1. The second kappa shape index (κ2) is 6.70. The quantitative estimate of drug-likeness (QED) is 0.620. The fraction of sp³-hybridized carbons (Fsp3) is 0.615. The molecule has 0 radical (unpaired) electrons. The van der Waals surface area contributed by atoms with Gasteiger partial charge in [-0.3, -0.25) is 0 Å². The van der Waals surface area contributed by atoms with Gasteiger partial charge >= 0.3 is 0 Å². The Morgan fingerprint density at radius 2 is 2.05 bits per heavy atom. The van der Waals surface area contributed by atoms with E-state index in [-0.39, 0.29) is 18.6 Å². The van der Waals surface area contributed by atoms with Crippen LogP contribution in [0.5, 0.6) is 0 Å². The Balaban J connectivity index is 3.17. The molecule has 0 spiro atoms. The third kappa shape index (κ3) is 4.39. The van der Waals surface area contributed by atoms with Crippen molar-refractivity contribution in [1.82, 2.24) is 9.71 Å². The number of aliphatic hydroxyl groups excluding tert-OH is 1. The second-order valence-corrected chi connectivity index (χ2v) is 8.66. The van der Waals surface area contributed by atoms with Crippen LogP contribution in [-0.2, 0) is 16.9 Å². The summed E-state index contributed by atoms with van der Waals surface area (Å²) in [5.74, 6) is -0.637. The Morgan fingerprint density at radius 1 is 1.45 bits per heavy atom. The molecule has 4 nitrogen and oxygen atoms in total. The van der Waals surface area contributed by atoms with Crippen LogP contribution in [-0.4, -0.2) is 26.0 Å². The van der Waals surface area contributed by atoms with E-state index >= 15 is 0 Å². The summed E-state index contributed by atoms with van der Waals surface area (Å²) in [6.45, 7) is 7.02. The van der Waals surface area contributed by atoms with E-state index in [0.717, 1.165) is 0 Å². The highest BCUT2D eigenvalue weighted by atomic mass is 79.9. The Hall–Kier alpha value is -0.210. The van der Waals surface area contributed by atoms with Crippen molar-refractivity contribution in [2.45, 2.75) is 44.4 Å². The van der Waals surface area contributed by atoms with Gasteiger partial charge in [0.25, 0.3) is 0 Å². The van der Waals surface area contributed by atoms with Crippen LogP contribution < -0.4 is 4.72 Å². The minimum absolute atomic E-state index is 0.156. The highest BCUT2D eigenvalue weighted by molar-refractivity contribution is 9.10. The average Bonchev–Trinajstić information content (AvgIpc) is 2.31. The van der Waals surface area contributed by atoms with E-state index in [4.69, 9.17) is 0 Å². The van der Waals surface area contributed by atoms with E-state index in [9.17, 15) is 14.0 Å². The molecule has 1 rings (SSSR count). The van der Waals surface area contributed by atoms with Crippen LogP contribution in [0.25, 0.3) is 0 Å². The molecule has 2 atom stereocenters. The van der Waals surface area contributed by atoms with Crippen LogP contribution in [0, 0.1) is 5.95 Å². The molecule has 0 bridgehead atoms. The number of pyridine rings is 1. The fourth-order valence-corrected chi connectivity index (χ4v) is 2.89. The maximum atomic E-state index is 14.0. The Labute approximate surface area is 130 Å². The molecule has 0 fully saturated rings. The Morgan fingerprint density at radius 3 is 2.55 bits per heavy atom. The highest BCUT2D eigenvalue weighted by Crippen LogP contribution is 2.31. The predicted octanol–water partition coefficient (Wildman–Crippen LogP) is 2.63. The average molecular weight is 367 g/mol. The molecule has 1 aromatic heterocycles. The summed E-state index contributed by atoms with van der Waals surface area (Å²) in [4.78, 5) is 3.66. The SMILES string of the molecule is CC(C)(C)[S@@+]([O-])N[C@@](C)(CCO)c1cc(Br)cnc1F. The van der Waals surface area contributed by atoms with Gasteiger partial charge in [-0.05, 0) is 56.1 Å². The summed E-state index contributed by atoms with van der Waals surface area (Å²) in [7, 11) is 0. The zero-order chi connectivity index (χ0) is 15.6. The number of rotatable bonds is 5. The van der Waals surface area contributed by atoms with Crippen molar-refractivity contribution in [1.29, 1.82) is 0 Å². The van der Waals surface area contributed by atoms with E-state index in [1.54, 1.807) is 13.0 Å². The smallest absolute Gasteiger partial charge is 0.218 e. The molecule has 0 saturated heterocycles. The molecule has 0 aliphatic carbocycles. The van der Waals surface area contributed by atoms with Gasteiger partial charge in [0.1, 0.15) is 4.75 Å². The number of aromatic nitrogens is 1. The van der Waals surface area contributed by atoms with Crippen molar-refractivity contribution in [3.8, 4) is 0 Å². The molecular formula is C13H20BrFN2O2S. The van der Waals surface area contributed by atoms with Gasteiger partial charge in [0.05, 0.1) is 5.54 Å². The lowest BCUT2D eigenvalue weighted by Gasteiger charge is -2.34. The molecular weight excluding hydrogens is 347 g/mol. The van der Waals surface area contributed by atoms with Gasteiger partial charge in [-0.1, -0.05) is 0 Å². The van der Waals surface area contributed by atoms with Crippen LogP contribution in [0.1, 0.15) is 39.7 Å². The van der Waals surface area contributed by atoms with E-state index in [0.29, 0.717) is 4.47 Å². The van der Waals surface area contributed by atoms with Gasteiger partial charge in [-0.15, -0.1) is 4.72 Å². The second-order valence-electron chi connectivity index (χ2n) is 5.78. The minimum Gasteiger partial charge on any atom is -0.598 e. The minimum atomic E-state index is -1.39. The first-order chi connectivity index (χ1) is 9.10. The van der Waals surface area contributed by atoms with E-state index < -0.39 is 27.6 Å². The number of hydrogen-bond acceptors (Lipinski definition) is 4. The van der Waals surface area contributed by atoms with Gasteiger partial charge in [-0.25, -0.2) is 4.98 Å². The van der Waals surface area contributed by atoms with Crippen LogP contribution in [0.4, 0.5) is 4.39 Å². The molecule has 2 N–H and O–H groups in total. The monoisotopic (exact) mass is 366 g/mol. The van der Waals surface area contributed by atoms with Crippen molar-refractivity contribution < 1.29 is 14.0 Å². The molecule has 0 aliphatic rings. The normalized spacial score (nSPS) is 16.8. The first kappa shape index (κ1) is 17.8. The molecule has 0 saturated carbocycles. The molecule has 20 heavy (non-hydrogen) atoms. The third-order valence-electron chi connectivity index (χ3n) is 2.89. The predicted molar refractivity (Wildman–Crippen MR) is 82.0 cm³/mol. The van der Waals surface area contributed by atoms with E-state index in [1.165, 1.54) is 6.20 Å². The summed E-state index contributed by atoms with van der Waals surface area (Å²) in [6.07, 6.45) is 1.59. The first-order valence-electron chi connectivity index (χ1n) is 6.22. The van der Waals surface area contributed by atoms with Crippen molar-refractivity contribution in [2.75, 3.05) is 6.61 Å². The molecule has 0 aliphatic heterocycles. The lowest BCUT2D eigenvalue weighted by molar-refractivity contribution is 0.233. The van der Waals surface area contributed by atoms with E-state index in [2.05, 4.69) is 25.6 Å². The van der Waals surface area contributed by atoms with Crippen LogP contribution in [0.2, 0.25) is 0 Å². The molecule has 7 heteroatoms. The summed E-state index contributed by atoms with van der Waals surface area (Å²) in [5, 5.41) is 9.25. The van der Waals surface area contributed by atoms with Crippen molar-refractivity contribution >= 4 is 27.3 Å². The lowest BCUT2D eigenvalue weighted by Crippen LogP contribution is -2.50. The summed E-state index contributed by atoms with van der Waals surface area (Å²) < 4.78 is 29.3. The summed E-state index contributed by atoms with van der Waals surface area (Å²) in [5.41, 5.74) is -0.688. The van der Waals surface area contributed by atoms with Gasteiger partial charge in [0.2, 0.25) is 5.95 Å². The number of nitrogens with zero attached hydrogens (tertiary/aromatic N) is 1. The zero-order valence-electron chi connectivity index (χ0n) is 12.0. The van der Waals surface area contributed by atoms with Crippen LogP contribution in [0.15, 0.2) is 16.7 Å². The molecule has 1 heterocycles. The lowest BCUT2D eigenvalue weighted by atomic mass is 9.91. The number of hydrogen-bond donors (Lipinski definition) is 2. The topological polar surface area (TPSA) is 68.2 Å². The maximum Gasteiger partial charge on any atom is 0.218 e.